The van der Waals surface area contributed by atoms with Gasteiger partial charge in [0, 0.05) is 6.07 Å². The molecular formula is C11H9BrN2O. The molecule has 2 aromatic rings. The van der Waals surface area contributed by atoms with E-state index < -0.39 is 0 Å². The lowest BCUT2D eigenvalue weighted by molar-refractivity contribution is 0.111. The smallest absolute Gasteiger partial charge is 0.168 e. The highest BCUT2D eigenvalue weighted by atomic mass is 79.9. The van der Waals surface area contributed by atoms with Crippen LogP contribution in [0.15, 0.2) is 34.9 Å². The van der Waals surface area contributed by atoms with Crippen LogP contribution in [-0.2, 0) is 0 Å². The minimum Gasteiger partial charge on any atom is -0.296 e. The van der Waals surface area contributed by atoms with Crippen LogP contribution >= 0.6 is 15.9 Å². The van der Waals surface area contributed by atoms with E-state index in [4.69, 9.17) is 0 Å². The number of rotatable bonds is 2. The first-order valence-electron chi connectivity index (χ1n) is 4.48. The molecule has 3 nitrogen and oxygen atoms in total. The van der Waals surface area contributed by atoms with Gasteiger partial charge in [-0.3, -0.25) is 4.79 Å². The van der Waals surface area contributed by atoms with E-state index in [-0.39, 0.29) is 0 Å². The molecule has 0 fully saturated rings. The lowest BCUT2D eigenvalue weighted by Crippen LogP contribution is -2.00. The van der Waals surface area contributed by atoms with E-state index >= 15 is 0 Å². The Labute approximate surface area is 95.9 Å². The van der Waals surface area contributed by atoms with Gasteiger partial charge < -0.3 is 0 Å². The number of nitrogens with zero attached hydrogens (tertiary/aromatic N) is 2. The summed E-state index contributed by atoms with van der Waals surface area (Å²) >= 11 is 3.24. The fourth-order valence-electron chi connectivity index (χ4n) is 1.34. The lowest BCUT2D eigenvalue weighted by atomic mass is 10.2. The molecule has 2 rings (SSSR count). The van der Waals surface area contributed by atoms with Gasteiger partial charge in [0.25, 0.3) is 0 Å². The summed E-state index contributed by atoms with van der Waals surface area (Å²) in [5.41, 5.74) is 2.59. The minimum atomic E-state index is 0.533. The molecule has 15 heavy (non-hydrogen) atoms. The molecule has 4 heteroatoms. The third kappa shape index (κ3) is 1.99. The van der Waals surface area contributed by atoms with Crippen molar-refractivity contribution in [3.8, 4) is 5.69 Å². The molecule has 0 N–H and O–H groups in total. The second-order valence-electron chi connectivity index (χ2n) is 3.26. The summed E-state index contributed by atoms with van der Waals surface area (Å²) < 4.78 is 2.27. The molecule has 0 amide bonds. The Morgan fingerprint density at radius 1 is 1.33 bits per heavy atom. The maximum absolute atomic E-state index is 10.8. The molecule has 1 heterocycles. The van der Waals surface area contributed by atoms with Crippen molar-refractivity contribution >= 4 is 22.2 Å². The van der Waals surface area contributed by atoms with Crippen molar-refractivity contribution in [1.29, 1.82) is 0 Å². The molecule has 0 aliphatic heterocycles. The molecule has 0 unspecified atom stereocenters. The summed E-state index contributed by atoms with van der Waals surface area (Å²) in [4.78, 5) is 10.8. The number of aldehydes is 1. The molecule has 0 aliphatic rings. The predicted octanol–water partition coefficient (Wildman–Crippen LogP) is 2.76. The van der Waals surface area contributed by atoms with Crippen LogP contribution in [0.2, 0.25) is 0 Å². The lowest BCUT2D eigenvalue weighted by Gasteiger charge is -2.03. The molecule has 0 atom stereocenters. The van der Waals surface area contributed by atoms with Crippen molar-refractivity contribution in [2.75, 3.05) is 0 Å². The molecule has 0 saturated heterocycles. The van der Waals surface area contributed by atoms with Gasteiger partial charge >= 0.3 is 0 Å². The Bertz CT molecular complexity index is 488. The van der Waals surface area contributed by atoms with Crippen LogP contribution < -0.4 is 0 Å². The summed E-state index contributed by atoms with van der Waals surface area (Å²) in [6, 6.07) is 9.52. The molecule has 1 aromatic carbocycles. The predicted molar refractivity (Wildman–Crippen MR) is 61.4 cm³/mol. The van der Waals surface area contributed by atoms with E-state index in [1.165, 1.54) is 5.56 Å². The van der Waals surface area contributed by atoms with Gasteiger partial charge in [0.05, 0.1) is 5.69 Å². The zero-order valence-electron chi connectivity index (χ0n) is 8.14. The first kappa shape index (κ1) is 10.1. The highest BCUT2D eigenvalue weighted by Crippen LogP contribution is 2.15. The van der Waals surface area contributed by atoms with E-state index in [1.807, 2.05) is 31.2 Å². The van der Waals surface area contributed by atoms with Crippen LogP contribution in [0.5, 0.6) is 0 Å². The highest BCUT2D eigenvalue weighted by molar-refractivity contribution is 9.10. The molecule has 76 valence electrons. The second kappa shape index (κ2) is 3.98. The Kier molecular flexibility index (Phi) is 2.68. The maximum Gasteiger partial charge on any atom is 0.168 e. The molecular weight excluding hydrogens is 256 g/mol. The van der Waals surface area contributed by atoms with Crippen LogP contribution in [0.4, 0.5) is 0 Å². The number of halogens is 1. The molecule has 1 aromatic heterocycles. The van der Waals surface area contributed by atoms with Gasteiger partial charge in [-0.2, -0.15) is 5.10 Å². The molecule has 0 aliphatic carbocycles. The summed E-state index contributed by atoms with van der Waals surface area (Å²) in [5, 5.41) is 4.18. The molecule has 0 saturated carbocycles. The van der Waals surface area contributed by atoms with E-state index in [9.17, 15) is 4.79 Å². The van der Waals surface area contributed by atoms with Gasteiger partial charge in [0.1, 0.15) is 10.3 Å². The Morgan fingerprint density at radius 3 is 2.60 bits per heavy atom. The molecule has 0 spiro atoms. The van der Waals surface area contributed by atoms with Crippen LogP contribution in [0.25, 0.3) is 5.69 Å². The highest BCUT2D eigenvalue weighted by Gasteiger charge is 2.06. The van der Waals surface area contributed by atoms with Crippen LogP contribution in [0, 0.1) is 6.92 Å². The van der Waals surface area contributed by atoms with Gasteiger partial charge in [0.2, 0.25) is 0 Å². The number of aryl methyl sites for hydroxylation is 1. The van der Waals surface area contributed by atoms with Gasteiger partial charge in [-0.15, -0.1) is 0 Å². The monoisotopic (exact) mass is 264 g/mol. The normalized spacial score (nSPS) is 10.3. The number of hydrogen-bond donors (Lipinski definition) is 0. The largest absolute Gasteiger partial charge is 0.296 e. The number of hydrogen-bond acceptors (Lipinski definition) is 2. The van der Waals surface area contributed by atoms with Gasteiger partial charge in [-0.1, -0.05) is 17.7 Å². The summed E-state index contributed by atoms with van der Waals surface area (Å²) in [6.07, 6.45) is 0.789. The standard InChI is InChI=1S/C11H9BrN2O/c1-8-2-4-9(5-3-8)14-10(7-15)6-11(12)13-14/h2-7H,1H3. The van der Waals surface area contributed by atoms with Crippen molar-refractivity contribution < 1.29 is 4.79 Å². The first-order chi connectivity index (χ1) is 7.20. The fourth-order valence-corrected chi connectivity index (χ4v) is 1.74. The van der Waals surface area contributed by atoms with Crippen LogP contribution in [0.3, 0.4) is 0 Å². The maximum atomic E-state index is 10.8. The van der Waals surface area contributed by atoms with Crippen molar-refractivity contribution in [1.82, 2.24) is 9.78 Å². The number of carbonyl (C=O) groups excluding carboxylic acids is 1. The molecule has 0 bridgehead atoms. The van der Waals surface area contributed by atoms with Gasteiger partial charge in [0.15, 0.2) is 6.29 Å². The Hall–Kier alpha value is -1.42. The third-order valence-corrected chi connectivity index (χ3v) is 2.49. The minimum absolute atomic E-state index is 0.533. The van der Waals surface area contributed by atoms with Crippen molar-refractivity contribution in [3.63, 3.8) is 0 Å². The van der Waals surface area contributed by atoms with E-state index in [1.54, 1.807) is 10.7 Å². The van der Waals surface area contributed by atoms with E-state index in [2.05, 4.69) is 21.0 Å². The van der Waals surface area contributed by atoms with Crippen molar-refractivity contribution in [2.45, 2.75) is 6.92 Å². The van der Waals surface area contributed by atoms with Crippen LogP contribution in [-0.4, -0.2) is 16.1 Å². The van der Waals surface area contributed by atoms with Gasteiger partial charge in [-0.25, -0.2) is 4.68 Å². The summed E-state index contributed by atoms with van der Waals surface area (Å²) in [5.74, 6) is 0. The number of aromatic nitrogens is 2. The third-order valence-electron chi connectivity index (χ3n) is 2.11. The van der Waals surface area contributed by atoms with E-state index in [0.29, 0.717) is 10.3 Å². The zero-order chi connectivity index (χ0) is 10.8. The Morgan fingerprint density at radius 2 is 2.00 bits per heavy atom. The van der Waals surface area contributed by atoms with Crippen LogP contribution in [0.1, 0.15) is 16.1 Å². The number of benzene rings is 1. The summed E-state index contributed by atoms with van der Waals surface area (Å²) in [7, 11) is 0. The second-order valence-corrected chi connectivity index (χ2v) is 4.07. The first-order valence-corrected chi connectivity index (χ1v) is 5.28. The van der Waals surface area contributed by atoms with Crippen molar-refractivity contribution in [3.05, 3.63) is 46.2 Å². The average Bonchev–Trinajstić information content (AvgIpc) is 2.61. The fraction of sp³-hybridized carbons (Fsp3) is 0.0909. The zero-order valence-corrected chi connectivity index (χ0v) is 9.73. The van der Waals surface area contributed by atoms with Gasteiger partial charge in [-0.05, 0) is 35.0 Å². The summed E-state index contributed by atoms with van der Waals surface area (Å²) in [6.45, 7) is 2.02. The quantitative estimate of drug-likeness (QED) is 0.782. The molecule has 0 radical (unpaired) electrons. The van der Waals surface area contributed by atoms with Crippen molar-refractivity contribution in [2.24, 2.45) is 0 Å². The van der Waals surface area contributed by atoms with E-state index in [0.717, 1.165) is 12.0 Å². The SMILES string of the molecule is Cc1ccc(-n2nc(Br)cc2C=O)cc1. The topological polar surface area (TPSA) is 34.9 Å². The number of carbonyl (C=O) groups is 1. The Balaban J connectivity index is 2.52. The average molecular weight is 265 g/mol.